The average molecular weight is 236 g/mol. The molecule has 0 aliphatic heterocycles. The molecule has 0 spiro atoms. The van der Waals surface area contributed by atoms with Gasteiger partial charge in [0.2, 0.25) is 0 Å². The minimum Gasteiger partial charge on any atom is -0.497 e. The maximum Gasteiger partial charge on any atom is 0.405 e. The SMILES string of the molecule is COc1ccc2c(c1)C(NC(=O)O)[C@@H](N)CC2. The Balaban J connectivity index is 2.37. The number of nitrogens with two attached hydrogens (primary N) is 1. The topological polar surface area (TPSA) is 84.6 Å². The molecule has 0 bridgehead atoms. The van der Waals surface area contributed by atoms with Gasteiger partial charge >= 0.3 is 6.09 Å². The molecule has 4 N–H and O–H groups in total. The molecular formula is C12H16N2O3. The molecule has 17 heavy (non-hydrogen) atoms. The Morgan fingerprint density at radius 1 is 1.59 bits per heavy atom. The molecule has 0 radical (unpaired) electrons. The van der Waals surface area contributed by atoms with Crippen LogP contribution in [0.2, 0.25) is 0 Å². The van der Waals surface area contributed by atoms with Gasteiger partial charge in [-0.2, -0.15) is 0 Å². The van der Waals surface area contributed by atoms with E-state index in [1.54, 1.807) is 7.11 Å². The second-order valence-corrected chi connectivity index (χ2v) is 4.19. The molecule has 0 saturated heterocycles. The molecule has 1 aromatic rings. The fourth-order valence-corrected chi connectivity index (χ4v) is 2.25. The molecule has 92 valence electrons. The molecule has 1 aliphatic rings. The highest BCUT2D eigenvalue weighted by Gasteiger charge is 2.28. The Morgan fingerprint density at radius 2 is 2.35 bits per heavy atom. The van der Waals surface area contributed by atoms with Crippen molar-refractivity contribution in [3.05, 3.63) is 29.3 Å². The third-order valence-electron chi connectivity index (χ3n) is 3.14. The van der Waals surface area contributed by atoms with E-state index in [0.717, 1.165) is 29.7 Å². The van der Waals surface area contributed by atoms with Gasteiger partial charge in [-0.15, -0.1) is 0 Å². The van der Waals surface area contributed by atoms with Crippen molar-refractivity contribution in [1.82, 2.24) is 5.32 Å². The summed E-state index contributed by atoms with van der Waals surface area (Å²) in [6.45, 7) is 0. The van der Waals surface area contributed by atoms with Crippen molar-refractivity contribution in [3.8, 4) is 5.75 Å². The zero-order chi connectivity index (χ0) is 12.4. The fraction of sp³-hybridized carbons (Fsp3) is 0.417. The number of benzene rings is 1. The number of hydrogen-bond acceptors (Lipinski definition) is 3. The number of aryl methyl sites for hydroxylation is 1. The summed E-state index contributed by atoms with van der Waals surface area (Å²) in [6.07, 6.45) is 0.601. The molecule has 2 rings (SSSR count). The summed E-state index contributed by atoms with van der Waals surface area (Å²) in [5, 5.41) is 11.3. The Bertz CT molecular complexity index is 434. The number of ether oxygens (including phenoxy) is 1. The van der Waals surface area contributed by atoms with Gasteiger partial charge in [0.1, 0.15) is 5.75 Å². The molecule has 2 atom stereocenters. The van der Waals surface area contributed by atoms with Crippen molar-refractivity contribution in [2.24, 2.45) is 5.73 Å². The molecule has 5 heteroatoms. The van der Waals surface area contributed by atoms with Crippen LogP contribution in [0.1, 0.15) is 23.6 Å². The van der Waals surface area contributed by atoms with E-state index in [2.05, 4.69) is 5.32 Å². The Kier molecular flexibility index (Phi) is 3.19. The zero-order valence-corrected chi connectivity index (χ0v) is 9.64. The standard InChI is InChI=1S/C12H16N2O3/c1-17-8-4-2-7-3-5-10(13)11(9(7)6-8)14-12(15)16/h2,4,6,10-11,14H,3,5,13H2,1H3,(H,15,16)/t10-,11?/m0/s1. The molecule has 1 aromatic carbocycles. The van der Waals surface area contributed by atoms with E-state index in [4.69, 9.17) is 15.6 Å². The van der Waals surface area contributed by atoms with Crippen molar-refractivity contribution in [3.63, 3.8) is 0 Å². The quantitative estimate of drug-likeness (QED) is 0.722. The lowest BCUT2D eigenvalue weighted by molar-refractivity contribution is 0.186. The molecule has 1 aliphatic carbocycles. The Hall–Kier alpha value is -1.75. The highest BCUT2D eigenvalue weighted by Crippen LogP contribution is 2.31. The third-order valence-corrected chi connectivity index (χ3v) is 3.14. The molecule has 0 saturated carbocycles. The van der Waals surface area contributed by atoms with Crippen LogP contribution in [0.15, 0.2) is 18.2 Å². The number of carbonyl (C=O) groups is 1. The van der Waals surface area contributed by atoms with Crippen LogP contribution in [-0.4, -0.2) is 24.4 Å². The van der Waals surface area contributed by atoms with Gasteiger partial charge in [-0.3, -0.25) is 0 Å². The van der Waals surface area contributed by atoms with Crippen LogP contribution in [0.3, 0.4) is 0 Å². The van der Waals surface area contributed by atoms with Crippen molar-refractivity contribution in [2.45, 2.75) is 24.9 Å². The number of rotatable bonds is 2. The van der Waals surface area contributed by atoms with Crippen LogP contribution in [-0.2, 0) is 6.42 Å². The zero-order valence-electron chi connectivity index (χ0n) is 9.64. The van der Waals surface area contributed by atoms with Gasteiger partial charge in [0.15, 0.2) is 0 Å². The first-order valence-corrected chi connectivity index (χ1v) is 5.53. The van der Waals surface area contributed by atoms with Gasteiger partial charge in [0.05, 0.1) is 13.2 Å². The summed E-state index contributed by atoms with van der Waals surface area (Å²) in [4.78, 5) is 10.8. The molecule has 1 amide bonds. The summed E-state index contributed by atoms with van der Waals surface area (Å²) >= 11 is 0. The Labute approximate surface area is 99.6 Å². The number of methoxy groups -OCH3 is 1. The minimum absolute atomic E-state index is 0.189. The summed E-state index contributed by atoms with van der Waals surface area (Å²) in [7, 11) is 1.59. The second-order valence-electron chi connectivity index (χ2n) is 4.19. The van der Waals surface area contributed by atoms with Crippen LogP contribution in [0.4, 0.5) is 4.79 Å². The Morgan fingerprint density at radius 3 is 3.00 bits per heavy atom. The van der Waals surface area contributed by atoms with E-state index in [-0.39, 0.29) is 12.1 Å². The molecule has 5 nitrogen and oxygen atoms in total. The lowest BCUT2D eigenvalue weighted by Gasteiger charge is -2.31. The molecule has 0 fully saturated rings. The fourth-order valence-electron chi connectivity index (χ4n) is 2.25. The lowest BCUT2D eigenvalue weighted by Crippen LogP contribution is -2.43. The van der Waals surface area contributed by atoms with Crippen molar-refractivity contribution in [2.75, 3.05) is 7.11 Å². The third kappa shape index (κ3) is 2.34. The summed E-state index contributed by atoms with van der Waals surface area (Å²) in [5.41, 5.74) is 8.02. The van der Waals surface area contributed by atoms with Crippen LogP contribution in [0, 0.1) is 0 Å². The summed E-state index contributed by atoms with van der Waals surface area (Å²) < 4.78 is 5.15. The van der Waals surface area contributed by atoms with Crippen LogP contribution in [0.5, 0.6) is 5.75 Å². The smallest absolute Gasteiger partial charge is 0.405 e. The number of amides is 1. The minimum atomic E-state index is -1.05. The van der Waals surface area contributed by atoms with E-state index in [1.807, 2.05) is 18.2 Å². The number of fused-ring (bicyclic) bond motifs is 1. The van der Waals surface area contributed by atoms with Gasteiger partial charge < -0.3 is 20.9 Å². The molecular weight excluding hydrogens is 220 g/mol. The molecule has 0 heterocycles. The van der Waals surface area contributed by atoms with Gasteiger partial charge in [-0.1, -0.05) is 6.07 Å². The average Bonchev–Trinajstić information content (AvgIpc) is 2.32. The number of hydrogen-bond donors (Lipinski definition) is 3. The predicted molar refractivity (Wildman–Crippen MR) is 63.2 cm³/mol. The van der Waals surface area contributed by atoms with Crippen molar-refractivity contribution >= 4 is 6.09 Å². The highest BCUT2D eigenvalue weighted by molar-refractivity contribution is 5.65. The van der Waals surface area contributed by atoms with Crippen molar-refractivity contribution in [1.29, 1.82) is 0 Å². The first-order valence-electron chi connectivity index (χ1n) is 5.53. The first-order chi connectivity index (χ1) is 8.11. The first kappa shape index (κ1) is 11.7. The van der Waals surface area contributed by atoms with E-state index < -0.39 is 6.09 Å². The van der Waals surface area contributed by atoms with Gasteiger partial charge in [0, 0.05) is 6.04 Å². The molecule has 1 unspecified atom stereocenters. The monoisotopic (exact) mass is 236 g/mol. The highest BCUT2D eigenvalue weighted by atomic mass is 16.5. The lowest BCUT2D eigenvalue weighted by atomic mass is 9.84. The normalized spacial score (nSPS) is 22.7. The predicted octanol–water partition coefficient (Wildman–Crippen LogP) is 1.28. The maximum atomic E-state index is 10.8. The largest absolute Gasteiger partial charge is 0.497 e. The molecule has 0 aromatic heterocycles. The number of nitrogens with one attached hydrogen (secondary N) is 1. The van der Waals surface area contributed by atoms with Crippen LogP contribution < -0.4 is 15.8 Å². The van der Waals surface area contributed by atoms with E-state index in [9.17, 15) is 4.79 Å². The van der Waals surface area contributed by atoms with Crippen molar-refractivity contribution < 1.29 is 14.6 Å². The summed E-state index contributed by atoms with van der Waals surface area (Å²) in [6, 6.07) is 5.16. The van der Waals surface area contributed by atoms with Crippen LogP contribution in [0.25, 0.3) is 0 Å². The van der Waals surface area contributed by atoms with Gasteiger partial charge in [-0.05, 0) is 36.1 Å². The maximum absolute atomic E-state index is 10.8. The second kappa shape index (κ2) is 4.63. The van der Waals surface area contributed by atoms with Crippen LogP contribution >= 0.6 is 0 Å². The van der Waals surface area contributed by atoms with Gasteiger partial charge in [0.25, 0.3) is 0 Å². The van der Waals surface area contributed by atoms with E-state index in [1.165, 1.54) is 0 Å². The number of carboxylic acid groups (broad SMARTS) is 1. The van der Waals surface area contributed by atoms with Gasteiger partial charge in [-0.25, -0.2) is 4.79 Å². The van der Waals surface area contributed by atoms with E-state index in [0.29, 0.717) is 0 Å². The summed E-state index contributed by atoms with van der Waals surface area (Å²) in [5.74, 6) is 0.718. The van der Waals surface area contributed by atoms with E-state index >= 15 is 0 Å².